The molecule has 0 saturated carbocycles. The van der Waals surface area contributed by atoms with Crippen LogP contribution in [-0.4, -0.2) is 28.6 Å². The Morgan fingerprint density at radius 3 is 2.26 bits per heavy atom. The first-order chi connectivity index (χ1) is 16.4. The lowest BCUT2D eigenvalue weighted by Crippen LogP contribution is -2.14. The van der Waals surface area contributed by atoms with E-state index in [0.29, 0.717) is 22.1 Å². The summed E-state index contributed by atoms with van der Waals surface area (Å²) < 4.78 is 0.803. The molecule has 34 heavy (non-hydrogen) atoms. The predicted molar refractivity (Wildman–Crippen MR) is 139 cm³/mol. The van der Waals surface area contributed by atoms with Crippen LogP contribution in [0.15, 0.2) is 94.3 Å². The van der Waals surface area contributed by atoms with E-state index in [-0.39, 0.29) is 22.8 Å². The number of carboxylic acids is 1. The van der Waals surface area contributed by atoms with Crippen LogP contribution in [-0.2, 0) is 4.79 Å². The molecule has 170 valence electrons. The minimum atomic E-state index is -1.09. The quantitative estimate of drug-likeness (QED) is 0.242. The Balaban J connectivity index is 1.47. The van der Waals surface area contributed by atoms with E-state index in [4.69, 9.17) is 0 Å². The van der Waals surface area contributed by atoms with Crippen molar-refractivity contribution in [3.63, 3.8) is 0 Å². The van der Waals surface area contributed by atoms with Gasteiger partial charge >= 0.3 is 5.97 Å². The van der Waals surface area contributed by atoms with Crippen LogP contribution in [0.1, 0.15) is 20.7 Å². The maximum absolute atomic E-state index is 13.0. The lowest BCUT2D eigenvalue weighted by molar-refractivity contribution is -0.113. The van der Waals surface area contributed by atoms with Gasteiger partial charge in [-0.25, -0.2) is 4.79 Å². The number of carboxylic acid groups (broad SMARTS) is 1. The Labute approximate surface area is 208 Å². The average Bonchev–Trinajstić information content (AvgIpc) is 2.83. The number of fused-ring (bicyclic) bond motifs is 1. The minimum absolute atomic E-state index is 0.0728. The lowest BCUT2D eigenvalue weighted by atomic mass is 9.98. The second-order valence-electron chi connectivity index (χ2n) is 7.31. The van der Waals surface area contributed by atoms with E-state index in [1.807, 2.05) is 30.3 Å². The van der Waals surface area contributed by atoms with Crippen molar-refractivity contribution in [2.75, 3.05) is 16.4 Å². The van der Waals surface area contributed by atoms with Gasteiger partial charge in [0.15, 0.2) is 0 Å². The van der Waals surface area contributed by atoms with Gasteiger partial charge in [0.2, 0.25) is 5.91 Å². The maximum Gasteiger partial charge on any atom is 0.336 e. The molecule has 0 heterocycles. The number of carbonyl (C=O) groups excluding carboxylic acids is 2. The molecule has 4 aromatic carbocycles. The first-order valence-corrected chi connectivity index (χ1v) is 12.0. The summed E-state index contributed by atoms with van der Waals surface area (Å²) in [6, 6.07) is 24.5. The number of hydrogen-bond acceptors (Lipinski definition) is 4. The third kappa shape index (κ3) is 5.47. The number of aromatic carboxylic acids is 1. The van der Waals surface area contributed by atoms with Crippen LogP contribution in [0.25, 0.3) is 10.8 Å². The van der Waals surface area contributed by atoms with Gasteiger partial charge in [0, 0.05) is 26.0 Å². The van der Waals surface area contributed by atoms with Crippen molar-refractivity contribution in [3.05, 3.63) is 101 Å². The highest BCUT2D eigenvalue weighted by molar-refractivity contribution is 9.10. The van der Waals surface area contributed by atoms with E-state index in [1.54, 1.807) is 48.5 Å². The van der Waals surface area contributed by atoms with Crippen molar-refractivity contribution in [1.29, 1.82) is 0 Å². The first kappa shape index (κ1) is 23.5. The van der Waals surface area contributed by atoms with Gasteiger partial charge in [0.25, 0.3) is 5.91 Å². The third-order valence-corrected chi connectivity index (χ3v) is 6.67. The first-order valence-electron chi connectivity index (χ1n) is 10.3. The Morgan fingerprint density at radius 2 is 1.53 bits per heavy atom. The van der Waals surface area contributed by atoms with Gasteiger partial charge in [-0.1, -0.05) is 42.5 Å². The fourth-order valence-electron chi connectivity index (χ4n) is 3.47. The van der Waals surface area contributed by atoms with Gasteiger partial charge in [-0.05, 0) is 63.8 Å². The average molecular weight is 535 g/mol. The summed E-state index contributed by atoms with van der Waals surface area (Å²) >= 11 is 4.75. The molecule has 8 heteroatoms. The highest BCUT2D eigenvalue weighted by atomic mass is 79.9. The molecule has 0 aromatic heterocycles. The number of halogens is 1. The number of nitrogens with one attached hydrogen (secondary N) is 2. The Hall–Kier alpha value is -3.62. The highest BCUT2D eigenvalue weighted by Crippen LogP contribution is 2.27. The molecule has 0 fully saturated rings. The lowest BCUT2D eigenvalue weighted by Gasteiger charge is -2.11. The minimum Gasteiger partial charge on any atom is -0.478 e. The number of anilines is 2. The third-order valence-electron chi connectivity index (χ3n) is 4.99. The largest absolute Gasteiger partial charge is 0.478 e. The Morgan fingerprint density at radius 1 is 0.824 bits per heavy atom. The molecule has 0 saturated heterocycles. The Bertz CT molecular complexity index is 1400. The number of carbonyl (C=O) groups is 3. The van der Waals surface area contributed by atoms with Gasteiger partial charge in [0.1, 0.15) is 0 Å². The van der Waals surface area contributed by atoms with Crippen molar-refractivity contribution >= 4 is 67.6 Å². The van der Waals surface area contributed by atoms with Gasteiger partial charge in [0.05, 0.1) is 17.0 Å². The van der Waals surface area contributed by atoms with Crippen LogP contribution >= 0.6 is 27.7 Å². The molecule has 0 aliphatic carbocycles. The topological polar surface area (TPSA) is 95.5 Å². The van der Waals surface area contributed by atoms with E-state index in [0.717, 1.165) is 9.37 Å². The number of para-hydroxylation sites is 1. The molecule has 2 amide bonds. The van der Waals surface area contributed by atoms with E-state index in [2.05, 4.69) is 26.6 Å². The van der Waals surface area contributed by atoms with Gasteiger partial charge in [-0.2, -0.15) is 0 Å². The van der Waals surface area contributed by atoms with E-state index < -0.39 is 11.9 Å². The molecule has 0 aliphatic heterocycles. The zero-order valence-corrected chi connectivity index (χ0v) is 20.2. The van der Waals surface area contributed by atoms with Gasteiger partial charge in [-0.15, -0.1) is 11.8 Å². The summed E-state index contributed by atoms with van der Waals surface area (Å²) in [5.74, 6) is -1.45. The monoisotopic (exact) mass is 534 g/mol. The number of benzene rings is 4. The molecule has 3 N–H and O–H groups in total. The van der Waals surface area contributed by atoms with Crippen molar-refractivity contribution in [2.24, 2.45) is 0 Å². The van der Waals surface area contributed by atoms with E-state index in [1.165, 1.54) is 17.8 Å². The standard InChI is InChI=1S/C26H19BrN2O4S/c27-21-12-1-2-13-22(21)29-23(30)15-34-18-9-5-8-17(14-18)28-25(31)19-10-3-6-16-7-4-11-20(24(16)19)26(32)33/h1-14H,15H2,(H,28,31)(H,29,30)(H,32,33). The summed E-state index contributed by atoms with van der Waals surface area (Å²) in [7, 11) is 0. The number of amides is 2. The summed E-state index contributed by atoms with van der Waals surface area (Å²) in [5.41, 5.74) is 1.60. The normalized spacial score (nSPS) is 10.6. The van der Waals surface area contributed by atoms with Crippen LogP contribution in [0.5, 0.6) is 0 Å². The van der Waals surface area contributed by atoms with Crippen molar-refractivity contribution in [1.82, 2.24) is 0 Å². The van der Waals surface area contributed by atoms with E-state index in [9.17, 15) is 19.5 Å². The van der Waals surface area contributed by atoms with Crippen LogP contribution in [0.2, 0.25) is 0 Å². The molecule has 0 radical (unpaired) electrons. The molecular formula is C26H19BrN2O4S. The number of rotatable bonds is 7. The molecule has 0 bridgehead atoms. The molecule has 4 rings (SSSR count). The summed E-state index contributed by atoms with van der Waals surface area (Å²) in [6.07, 6.45) is 0. The molecule has 0 atom stereocenters. The van der Waals surface area contributed by atoms with Gasteiger partial charge in [-0.3, -0.25) is 9.59 Å². The number of hydrogen-bond donors (Lipinski definition) is 3. The second kappa shape index (κ2) is 10.5. The van der Waals surface area contributed by atoms with Gasteiger partial charge < -0.3 is 15.7 Å². The molecule has 6 nitrogen and oxygen atoms in total. The molecular weight excluding hydrogens is 516 g/mol. The van der Waals surface area contributed by atoms with Crippen LogP contribution in [0, 0.1) is 0 Å². The second-order valence-corrected chi connectivity index (χ2v) is 9.22. The van der Waals surface area contributed by atoms with Crippen LogP contribution < -0.4 is 10.6 Å². The fraction of sp³-hybridized carbons (Fsp3) is 0.0385. The highest BCUT2D eigenvalue weighted by Gasteiger charge is 2.17. The van der Waals surface area contributed by atoms with Crippen molar-refractivity contribution in [2.45, 2.75) is 4.90 Å². The van der Waals surface area contributed by atoms with Crippen LogP contribution in [0.4, 0.5) is 11.4 Å². The summed E-state index contributed by atoms with van der Waals surface area (Å²) in [4.78, 5) is 37.9. The molecule has 0 spiro atoms. The zero-order chi connectivity index (χ0) is 24.1. The predicted octanol–water partition coefficient (Wildman–Crippen LogP) is 6.28. The SMILES string of the molecule is O=C(CSc1cccc(NC(=O)c2cccc3cccc(C(=O)O)c23)c1)Nc1ccccc1Br. The molecule has 0 aliphatic rings. The van der Waals surface area contributed by atoms with E-state index >= 15 is 0 Å². The zero-order valence-electron chi connectivity index (χ0n) is 17.7. The number of thioether (sulfide) groups is 1. The summed E-state index contributed by atoms with van der Waals surface area (Å²) in [5, 5.41) is 16.3. The fourth-order valence-corrected chi connectivity index (χ4v) is 4.61. The molecule has 4 aromatic rings. The Kier molecular flexibility index (Phi) is 7.30. The maximum atomic E-state index is 13.0. The smallest absolute Gasteiger partial charge is 0.336 e. The van der Waals surface area contributed by atoms with Crippen LogP contribution in [0.3, 0.4) is 0 Å². The van der Waals surface area contributed by atoms with Crippen molar-refractivity contribution in [3.8, 4) is 0 Å². The summed E-state index contributed by atoms with van der Waals surface area (Å²) in [6.45, 7) is 0. The molecule has 0 unspecified atom stereocenters. The van der Waals surface area contributed by atoms with Crippen molar-refractivity contribution < 1.29 is 19.5 Å².